The lowest BCUT2D eigenvalue weighted by molar-refractivity contribution is -0.138. The van der Waals surface area contributed by atoms with Crippen molar-refractivity contribution < 1.29 is 19.4 Å². The van der Waals surface area contributed by atoms with Gasteiger partial charge in [0.2, 0.25) is 11.8 Å². The van der Waals surface area contributed by atoms with Crippen LogP contribution in [0.25, 0.3) is 0 Å². The first-order valence-corrected chi connectivity index (χ1v) is 16.1. The maximum absolute atomic E-state index is 12.1. The predicted molar refractivity (Wildman–Crippen MR) is 145 cm³/mol. The number of carbonyl (C=O) groups is 2. The smallest absolute Gasteiger partial charge is 0.230 e. The molecule has 0 radical (unpaired) electrons. The standard InChI is InChI=1S/C14H19NO3S2.C9H17NOS2/c1-14(8-19-20-9-14)13(17)15-6-5-10-3-4-11(16)12(7-10)18-2;1-4-10(5-2)8(11)9(3)6-12-13-7-9/h3-4,7,16H,5-6,8-9H2,1-2H3,(H,15,17);4-7H2,1-3H3. The Balaban J connectivity index is 0.000000257. The van der Waals surface area contributed by atoms with E-state index in [2.05, 4.69) is 12.2 Å². The summed E-state index contributed by atoms with van der Waals surface area (Å²) in [6.45, 7) is 10.4. The molecule has 33 heavy (non-hydrogen) atoms. The van der Waals surface area contributed by atoms with Gasteiger partial charge in [-0.15, -0.1) is 0 Å². The molecule has 2 heterocycles. The molecule has 186 valence electrons. The molecule has 1 aromatic carbocycles. The van der Waals surface area contributed by atoms with Crippen molar-refractivity contribution in [2.45, 2.75) is 34.1 Å². The van der Waals surface area contributed by atoms with Gasteiger partial charge in [-0.25, -0.2) is 0 Å². The van der Waals surface area contributed by atoms with Crippen LogP contribution in [-0.4, -0.2) is 71.6 Å². The van der Waals surface area contributed by atoms with Crippen molar-refractivity contribution in [2.75, 3.05) is 49.8 Å². The maximum atomic E-state index is 12.1. The fourth-order valence-electron chi connectivity index (χ4n) is 3.33. The second-order valence-electron chi connectivity index (χ2n) is 8.66. The molecule has 2 aliphatic heterocycles. The Morgan fingerprint density at radius 3 is 2.09 bits per heavy atom. The van der Waals surface area contributed by atoms with E-state index >= 15 is 0 Å². The van der Waals surface area contributed by atoms with Gasteiger partial charge in [0.05, 0.1) is 17.9 Å². The maximum Gasteiger partial charge on any atom is 0.230 e. The lowest BCUT2D eigenvalue weighted by atomic mass is 9.94. The molecule has 2 saturated heterocycles. The number of amides is 2. The van der Waals surface area contributed by atoms with Gasteiger partial charge in [-0.2, -0.15) is 0 Å². The van der Waals surface area contributed by atoms with Crippen LogP contribution in [-0.2, 0) is 16.0 Å². The van der Waals surface area contributed by atoms with Crippen LogP contribution in [0.2, 0.25) is 0 Å². The van der Waals surface area contributed by atoms with Gasteiger partial charge < -0.3 is 20.1 Å². The minimum absolute atomic E-state index is 0.110. The summed E-state index contributed by atoms with van der Waals surface area (Å²) < 4.78 is 5.07. The molecule has 0 aromatic heterocycles. The van der Waals surface area contributed by atoms with Crippen LogP contribution in [0.5, 0.6) is 11.5 Å². The van der Waals surface area contributed by atoms with Crippen molar-refractivity contribution in [1.29, 1.82) is 0 Å². The van der Waals surface area contributed by atoms with Crippen LogP contribution < -0.4 is 10.1 Å². The normalized spacial score (nSPS) is 18.2. The highest BCUT2D eigenvalue weighted by molar-refractivity contribution is 8.77. The lowest BCUT2D eigenvalue weighted by Gasteiger charge is -2.28. The van der Waals surface area contributed by atoms with Gasteiger partial charge in [0.25, 0.3) is 0 Å². The Labute approximate surface area is 213 Å². The zero-order valence-electron chi connectivity index (χ0n) is 20.1. The number of aromatic hydroxyl groups is 1. The summed E-state index contributed by atoms with van der Waals surface area (Å²) in [5.41, 5.74) is 0.670. The molecule has 2 fully saturated rings. The number of ether oxygens (including phenoxy) is 1. The quantitative estimate of drug-likeness (QED) is 0.466. The molecule has 0 atom stereocenters. The molecule has 10 heteroatoms. The van der Waals surface area contributed by atoms with Crippen molar-refractivity contribution in [1.82, 2.24) is 10.2 Å². The third-order valence-electron chi connectivity index (χ3n) is 5.74. The highest BCUT2D eigenvalue weighted by atomic mass is 33.1. The van der Waals surface area contributed by atoms with E-state index < -0.39 is 0 Å². The van der Waals surface area contributed by atoms with E-state index in [-0.39, 0.29) is 22.5 Å². The summed E-state index contributed by atoms with van der Waals surface area (Å²) in [4.78, 5) is 26.1. The van der Waals surface area contributed by atoms with Crippen LogP contribution in [0, 0.1) is 10.8 Å². The van der Waals surface area contributed by atoms with Crippen LogP contribution in [0.4, 0.5) is 0 Å². The fourth-order valence-corrected chi connectivity index (χ4v) is 10.00. The summed E-state index contributed by atoms with van der Waals surface area (Å²) in [5, 5.41) is 12.5. The van der Waals surface area contributed by atoms with Crippen molar-refractivity contribution in [3.05, 3.63) is 23.8 Å². The van der Waals surface area contributed by atoms with Crippen LogP contribution in [0.15, 0.2) is 18.2 Å². The van der Waals surface area contributed by atoms with E-state index in [4.69, 9.17) is 4.74 Å². The predicted octanol–water partition coefficient (Wildman–Crippen LogP) is 4.72. The van der Waals surface area contributed by atoms with Gasteiger partial charge in [0.1, 0.15) is 0 Å². The number of methoxy groups -OCH3 is 1. The van der Waals surface area contributed by atoms with E-state index in [1.807, 2.05) is 53.3 Å². The summed E-state index contributed by atoms with van der Waals surface area (Å²) in [5.74, 6) is 4.72. The Hall–Kier alpha value is -0.840. The number of nitrogens with one attached hydrogen (secondary N) is 1. The summed E-state index contributed by atoms with van der Waals surface area (Å²) in [6, 6.07) is 5.25. The van der Waals surface area contributed by atoms with Crippen LogP contribution >= 0.6 is 43.2 Å². The van der Waals surface area contributed by atoms with Gasteiger partial charge in [0.15, 0.2) is 11.5 Å². The second kappa shape index (κ2) is 13.3. The van der Waals surface area contributed by atoms with Crippen molar-refractivity contribution >= 4 is 55.0 Å². The van der Waals surface area contributed by atoms with Gasteiger partial charge in [-0.05, 0) is 51.8 Å². The SMILES string of the molecule is CCN(CC)C(=O)C1(C)CSSC1.COc1cc(CCNC(=O)C2(C)CSSC2)ccc1O. The molecular weight excluding hydrogens is 497 g/mol. The monoisotopic (exact) mass is 532 g/mol. The Bertz CT molecular complexity index is 793. The van der Waals surface area contributed by atoms with Crippen molar-refractivity contribution in [2.24, 2.45) is 10.8 Å². The second-order valence-corrected chi connectivity index (χ2v) is 13.6. The largest absolute Gasteiger partial charge is 0.504 e. The fraction of sp³-hybridized carbons (Fsp3) is 0.652. The third-order valence-corrected chi connectivity index (χ3v) is 11.5. The highest BCUT2D eigenvalue weighted by Crippen LogP contribution is 2.44. The van der Waals surface area contributed by atoms with E-state index in [0.29, 0.717) is 18.2 Å². The number of nitrogens with zero attached hydrogens (tertiary/aromatic N) is 1. The average Bonchev–Trinajstić information content (AvgIpc) is 3.46. The number of rotatable bonds is 8. The van der Waals surface area contributed by atoms with Crippen LogP contribution in [0.3, 0.4) is 0 Å². The number of carbonyl (C=O) groups excluding carboxylic acids is 2. The first-order chi connectivity index (χ1) is 15.7. The number of phenolic OH excluding ortho intramolecular Hbond substituents is 1. The minimum Gasteiger partial charge on any atom is -0.504 e. The third kappa shape index (κ3) is 7.83. The summed E-state index contributed by atoms with van der Waals surface area (Å²) >= 11 is 0. The lowest BCUT2D eigenvalue weighted by Crippen LogP contribution is -2.43. The molecule has 0 saturated carbocycles. The average molecular weight is 533 g/mol. The Kier molecular flexibility index (Phi) is 11.4. The number of phenols is 1. The molecule has 0 spiro atoms. The topological polar surface area (TPSA) is 78.9 Å². The van der Waals surface area contributed by atoms with Crippen LogP contribution in [0.1, 0.15) is 33.3 Å². The Morgan fingerprint density at radius 1 is 1.03 bits per heavy atom. The first kappa shape index (κ1) is 28.4. The van der Waals surface area contributed by atoms with E-state index in [1.165, 1.54) is 7.11 Å². The molecule has 3 rings (SSSR count). The zero-order valence-corrected chi connectivity index (χ0v) is 23.4. The molecule has 0 aliphatic carbocycles. The molecule has 6 nitrogen and oxygen atoms in total. The molecule has 0 bridgehead atoms. The molecular formula is C23H36N2O4S4. The van der Waals surface area contributed by atoms with Gasteiger partial charge >= 0.3 is 0 Å². The molecule has 1 aromatic rings. The number of benzene rings is 1. The molecule has 2 N–H and O–H groups in total. The van der Waals surface area contributed by atoms with Gasteiger partial charge in [-0.1, -0.05) is 49.2 Å². The minimum atomic E-state index is -0.248. The van der Waals surface area contributed by atoms with Crippen molar-refractivity contribution in [3.8, 4) is 11.5 Å². The molecule has 0 unspecified atom stereocenters. The number of hydrogen-bond acceptors (Lipinski definition) is 8. The summed E-state index contributed by atoms with van der Waals surface area (Å²) in [6.07, 6.45) is 0.721. The van der Waals surface area contributed by atoms with E-state index in [1.54, 1.807) is 33.7 Å². The Morgan fingerprint density at radius 2 is 1.58 bits per heavy atom. The van der Waals surface area contributed by atoms with Crippen molar-refractivity contribution in [3.63, 3.8) is 0 Å². The molecule has 2 aliphatic rings. The number of hydrogen-bond donors (Lipinski definition) is 2. The van der Waals surface area contributed by atoms with Gasteiger partial charge in [0, 0.05) is 42.6 Å². The zero-order chi connectivity index (χ0) is 24.5. The van der Waals surface area contributed by atoms with E-state index in [0.717, 1.165) is 48.1 Å². The van der Waals surface area contributed by atoms with Gasteiger partial charge in [-0.3, -0.25) is 9.59 Å². The first-order valence-electron chi connectivity index (χ1n) is 11.1. The summed E-state index contributed by atoms with van der Waals surface area (Å²) in [7, 11) is 8.67. The highest BCUT2D eigenvalue weighted by Gasteiger charge is 2.39. The molecule has 2 amide bonds. The van der Waals surface area contributed by atoms with E-state index in [9.17, 15) is 14.7 Å².